The first kappa shape index (κ1) is 17.9. The van der Waals surface area contributed by atoms with Crippen molar-refractivity contribution in [2.45, 2.75) is 29.7 Å². The maximum Gasteiger partial charge on any atom is 0.416 e. The van der Waals surface area contributed by atoms with Crippen LogP contribution < -0.4 is 4.74 Å². The van der Waals surface area contributed by atoms with E-state index in [1.807, 2.05) is 48.5 Å². The summed E-state index contributed by atoms with van der Waals surface area (Å²) in [5, 5.41) is 0. The van der Waals surface area contributed by atoms with E-state index in [4.69, 9.17) is 9.47 Å². The summed E-state index contributed by atoms with van der Waals surface area (Å²) < 4.78 is 10.5. The van der Waals surface area contributed by atoms with E-state index in [0.29, 0.717) is 12.8 Å². The smallest absolute Gasteiger partial charge is 0.416 e. The number of ether oxygens (including phenoxy) is 2. The van der Waals surface area contributed by atoms with Gasteiger partial charge in [0.2, 0.25) is 5.91 Å². The minimum absolute atomic E-state index is 0.106. The summed E-state index contributed by atoms with van der Waals surface area (Å²) in [6.45, 7) is 0.257. The summed E-state index contributed by atoms with van der Waals surface area (Å²) in [5.41, 5.74) is 2.24. The van der Waals surface area contributed by atoms with Gasteiger partial charge in [0.15, 0.2) is 0 Å². The van der Waals surface area contributed by atoms with Gasteiger partial charge in [0.25, 0.3) is 0 Å². The first-order valence-corrected chi connectivity index (χ1v) is 9.97. The van der Waals surface area contributed by atoms with Gasteiger partial charge in [-0.3, -0.25) is 4.79 Å². The molecule has 1 saturated heterocycles. The molecule has 2 aliphatic rings. The van der Waals surface area contributed by atoms with Crippen molar-refractivity contribution in [2.75, 3.05) is 19.5 Å². The van der Waals surface area contributed by atoms with Gasteiger partial charge < -0.3 is 9.47 Å². The number of carbonyl (C=O) groups is 2. The van der Waals surface area contributed by atoms with Gasteiger partial charge >= 0.3 is 6.09 Å². The Morgan fingerprint density at radius 3 is 2.85 bits per heavy atom. The fourth-order valence-electron chi connectivity index (χ4n) is 3.66. The molecule has 0 N–H and O–H groups in total. The van der Waals surface area contributed by atoms with Gasteiger partial charge in [-0.1, -0.05) is 36.4 Å². The number of rotatable bonds is 5. The molecule has 2 aromatic carbocycles. The topological polar surface area (TPSA) is 55.8 Å². The van der Waals surface area contributed by atoms with E-state index in [1.165, 1.54) is 4.90 Å². The number of thioether (sulfide) groups is 1. The lowest BCUT2D eigenvalue weighted by Crippen LogP contribution is -2.40. The van der Waals surface area contributed by atoms with Crippen LogP contribution in [0, 0.1) is 0 Å². The first-order valence-electron chi connectivity index (χ1n) is 8.99. The van der Waals surface area contributed by atoms with E-state index in [-0.39, 0.29) is 24.5 Å². The molecule has 0 saturated carbocycles. The maximum absolute atomic E-state index is 12.9. The predicted octanol–water partition coefficient (Wildman–Crippen LogP) is 3.86. The minimum Gasteiger partial charge on any atom is -0.497 e. The molecular formula is C21H21NO4S. The Bertz CT molecular complexity index is 855. The summed E-state index contributed by atoms with van der Waals surface area (Å²) in [5.74, 6) is 1.60. The van der Waals surface area contributed by atoms with E-state index in [2.05, 4.69) is 0 Å². The molecular weight excluding hydrogens is 362 g/mol. The summed E-state index contributed by atoms with van der Waals surface area (Å²) in [6.07, 6.45) is 0.402. The number of benzene rings is 2. The van der Waals surface area contributed by atoms with E-state index < -0.39 is 6.09 Å². The molecule has 0 radical (unpaired) electrons. The van der Waals surface area contributed by atoms with Gasteiger partial charge in [-0.15, -0.1) is 11.8 Å². The largest absolute Gasteiger partial charge is 0.497 e. The highest BCUT2D eigenvalue weighted by molar-refractivity contribution is 7.99. The third kappa shape index (κ3) is 3.67. The van der Waals surface area contributed by atoms with Crippen LogP contribution in [0.25, 0.3) is 0 Å². The molecule has 0 bridgehead atoms. The monoisotopic (exact) mass is 383 g/mol. The Morgan fingerprint density at radius 1 is 1.26 bits per heavy atom. The van der Waals surface area contributed by atoms with Gasteiger partial charge in [-0.2, -0.15) is 0 Å². The van der Waals surface area contributed by atoms with Gasteiger partial charge in [0, 0.05) is 23.0 Å². The van der Waals surface area contributed by atoms with Crippen molar-refractivity contribution in [1.29, 1.82) is 0 Å². The number of hydrogen-bond donors (Lipinski definition) is 0. The van der Waals surface area contributed by atoms with Crippen LogP contribution >= 0.6 is 11.8 Å². The molecule has 0 spiro atoms. The summed E-state index contributed by atoms with van der Waals surface area (Å²) >= 11 is 1.73. The third-order valence-electron chi connectivity index (χ3n) is 5.07. The molecule has 140 valence electrons. The molecule has 0 aliphatic carbocycles. The molecule has 6 heteroatoms. The van der Waals surface area contributed by atoms with Crippen molar-refractivity contribution in [3.63, 3.8) is 0 Å². The average molecular weight is 383 g/mol. The van der Waals surface area contributed by atoms with E-state index in [0.717, 1.165) is 27.5 Å². The highest BCUT2D eigenvalue weighted by Crippen LogP contribution is 2.43. The second-order valence-electron chi connectivity index (χ2n) is 6.80. The lowest BCUT2D eigenvalue weighted by molar-refractivity contribution is -0.129. The number of nitrogens with zero attached hydrogens (tertiary/aromatic N) is 1. The zero-order valence-corrected chi connectivity index (χ0v) is 15.9. The zero-order valence-electron chi connectivity index (χ0n) is 15.1. The second-order valence-corrected chi connectivity index (χ2v) is 7.86. The number of imide groups is 1. The normalized spacial score (nSPS) is 21.1. The van der Waals surface area contributed by atoms with Crippen molar-refractivity contribution in [3.8, 4) is 5.75 Å². The van der Waals surface area contributed by atoms with E-state index in [1.54, 1.807) is 18.9 Å². The van der Waals surface area contributed by atoms with Crippen LogP contribution in [0.2, 0.25) is 0 Å². The molecule has 2 amide bonds. The van der Waals surface area contributed by atoms with Crippen LogP contribution in [0.1, 0.15) is 23.5 Å². The fourth-order valence-corrected chi connectivity index (χ4v) is 4.94. The number of cyclic esters (lactones) is 1. The molecule has 5 nitrogen and oxygen atoms in total. The van der Waals surface area contributed by atoms with Crippen LogP contribution in [0.15, 0.2) is 53.4 Å². The van der Waals surface area contributed by atoms with Gasteiger partial charge in [0.1, 0.15) is 12.4 Å². The quantitative estimate of drug-likeness (QED) is 0.785. The molecule has 2 heterocycles. The Balaban J connectivity index is 1.47. The summed E-state index contributed by atoms with van der Waals surface area (Å²) in [6, 6.07) is 15.6. The predicted molar refractivity (Wildman–Crippen MR) is 103 cm³/mol. The fraction of sp³-hybridized carbons (Fsp3) is 0.333. The third-order valence-corrected chi connectivity index (χ3v) is 6.30. The van der Waals surface area contributed by atoms with Gasteiger partial charge in [0.05, 0.1) is 13.2 Å². The van der Waals surface area contributed by atoms with Crippen molar-refractivity contribution < 1.29 is 19.1 Å². The minimum atomic E-state index is -0.526. The number of carbonyl (C=O) groups excluding carboxylic acids is 2. The van der Waals surface area contributed by atoms with Crippen LogP contribution in [-0.4, -0.2) is 42.4 Å². The molecule has 2 aliphatic heterocycles. The van der Waals surface area contributed by atoms with Crippen LogP contribution in [-0.2, 0) is 16.0 Å². The van der Waals surface area contributed by atoms with Crippen molar-refractivity contribution in [1.82, 2.24) is 4.90 Å². The molecule has 27 heavy (non-hydrogen) atoms. The number of amides is 2. The summed E-state index contributed by atoms with van der Waals surface area (Å²) in [7, 11) is 1.65. The molecule has 0 aromatic heterocycles. The lowest BCUT2D eigenvalue weighted by Gasteiger charge is -2.21. The van der Waals surface area contributed by atoms with Crippen LogP contribution in [0.4, 0.5) is 4.79 Å². The summed E-state index contributed by atoms with van der Waals surface area (Å²) in [4.78, 5) is 27.6. The Labute approximate surface area is 162 Å². The maximum atomic E-state index is 12.9. The number of hydrogen-bond acceptors (Lipinski definition) is 5. The lowest BCUT2D eigenvalue weighted by atomic mass is 9.96. The SMILES string of the molecule is COc1ccc2c(c1)SC[C@@H]2CC(=O)N1C(=O)OC[C@@H]1Cc1ccccc1. The molecule has 2 atom stereocenters. The Kier molecular flexibility index (Phi) is 5.07. The average Bonchev–Trinajstić information content (AvgIpc) is 3.25. The standard InChI is InChI=1S/C21H21NO4S/c1-25-17-7-8-18-15(13-27-19(18)11-17)10-20(23)22-16(12-26-21(22)24)9-14-5-3-2-4-6-14/h2-8,11,15-16H,9-10,12-13H2,1H3/t15-,16-/m0/s1. The Hall–Kier alpha value is -2.47. The van der Waals surface area contributed by atoms with E-state index in [9.17, 15) is 9.59 Å². The highest BCUT2D eigenvalue weighted by Gasteiger charge is 2.39. The van der Waals surface area contributed by atoms with Crippen molar-refractivity contribution in [2.24, 2.45) is 0 Å². The molecule has 4 rings (SSSR count). The van der Waals surface area contributed by atoms with Crippen LogP contribution in [0.5, 0.6) is 5.75 Å². The van der Waals surface area contributed by atoms with Crippen molar-refractivity contribution >= 4 is 23.8 Å². The first-order chi connectivity index (χ1) is 13.2. The number of fused-ring (bicyclic) bond motifs is 1. The molecule has 0 unspecified atom stereocenters. The van der Waals surface area contributed by atoms with Crippen molar-refractivity contribution in [3.05, 3.63) is 59.7 Å². The van der Waals surface area contributed by atoms with E-state index >= 15 is 0 Å². The Morgan fingerprint density at radius 2 is 2.07 bits per heavy atom. The zero-order chi connectivity index (χ0) is 18.8. The van der Waals surface area contributed by atoms with Gasteiger partial charge in [-0.25, -0.2) is 9.69 Å². The highest BCUT2D eigenvalue weighted by atomic mass is 32.2. The molecule has 1 fully saturated rings. The number of methoxy groups -OCH3 is 1. The second kappa shape index (κ2) is 7.64. The van der Waals surface area contributed by atoms with Gasteiger partial charge in [-0.05, 0) is 29.7 Å². The molecule has 2 aromatic rings. The van der Waals surface area contributed by atoms with Crippen LogP contribution in [0.3, 0.4) is 0 Å².